The van der Waals surface area contributed by atoms with E-state index in [1.54, 1.807) is 0 Å². The molecule has 3 N–H and O–H groups in total. The molecule has 1 saturated heterocycles. The van der Waals surface area contributed by atoms with Crippen molar-refractivity contribution in [2.24, 2.45) is 5.11 Å². The molecule has 11 nitrogen and oxygen atoms in total. The van der Waals surface area contributed by atoms with Crippen LogP contribution in [0.5, 0.6) is 0 Å². The fraction of sp³-hybridized carbons (Fsp3) is 0.500. The van der Waals surface area contributed by atoms with Crippen LogP contribution in [0.15, 0.2) is 17.8 Å². The van der Waals surface area contributed by atoms with E-state index in [0.717, 1.165) is 0 Å². The first-order chi connectivity index (χ1) is 10.2. The SMILES string of the molecule is [N-]=[N+]=Nc1ncnc2c1ncn2C1O[C@H](CO)[C@@H](O)[C@H]1O. The van der Waals surface area contributed by atoms with E-state index in [-0.39, 0.29) is 17.0 Å². The van der Waals surface area contributed by atoms with E-state index in [9.17, 15) is 10.2 Å². The molecule has 0 saturated carbocycles. The van der Waals surface area contributed by atoms with Gasteiger partial charge in [0, 0.05) is 4.91 Å². The van der Waals surface area contributed by atoms with Gasteiger partial charge < -0.3 is 20.1 Å². The minimum Gasteiger partial charge on any atom is -0.394 e. The van der Waals surface area contributed by atoms with Crippen molar-refractivity contribution in [1.29, 1.82) is 0 Å². The molecular formula is C10H11N7O4. The van der Waals surface area contributed by atoms with E-state index in [4.69, 9.17) is 15.4 Å². The highest BCUT2D eigenvalue weighted by Crippen LogP contribution is 2.32. The van der Waals surface area contributed by atoms with Crippen molar-refractivity contribution in [1.82, 2.24) is 19.5 Å². The molecule has 21 heavy (non-hydrogen) atoms. The first-order valence-electron chi connectivity index (χ1n) is 6.02. The van der Waals surface area contributed by atoms with Gasteiger partial charge in [0.15, 0.2) is 17.7 Å². The minimum absolute atomic E-state index is 0.0491. The summed E-state index contributed by atoms with van der Waals surface area (Å²) in [5, 5.41) is 32.3. The number of aromatic nitrogens is 4. The van der Waals surface area contributed by atoms with E-state index in [1.807, 2.05) is 0 Å². The molecular weight excluding hydrogens is 282 g/mol. The number of imidazole rings is 1. The normalized spacial score (nSPS) is 28.7. The lowest BCUT2D eigenvalue weighted by Crippen LogP contribution is -2.33. The lowest BCUT2D eigenvalue weighted by atomic mass is 10.1. The Bertz CT molecular complexity index is 712. The Hall–Kier alpha value is -2.30. The lowest BCUT2D eigenvalue weighted by molar-refractivity contribution is -0.0511. The summed E-state index contributed by atoms with van der Waals surface area (Å²) >= 11 is 0. The molecule has 11 heteroatoms. The second kappa shape index (κ2) is 5.24. The van der Waals surface area contributed by atoms with Gasteiger partial charge in [-0.15, -0.1) is 0 Å². The monoisotopic (exact) mass is 293 g/mol. The van der Waals surface area contributed by atoms with Crippen LogP contribution in [0.3, 0.4) is 0 Å². The maximum absolute atomic E-state index is 10.0. The average Bonchev–Trinajstić information content (AvgIpc) is 3.03. The third-order valence-electron chi connectivity index (χ3n) is 3.27. The maximum Gasteiger partial charge on any atom is 0.165 e. The van der Waals surface area contributed by atoms with Gasteiger partial charge in [0.05, 0.1) is 12.9 Å². The Kier molecular flexibility index (Phi) is 3.41. The minimum atomic E-state index is -1.25. The number of ether oxygens (including phenoxy) is 1. The summed E-state index contributed by atoms with van der Waals surface area (Å²) in [4.78, 5) is 14.5. The molecule has 1 unspecified atom stereocenters. The predicted octanol–water partition coefficient (Wildman–Crippen LogP) is -0.620. The first-order valence-corrected chi connectivity index (χ1v) is 6.02. The molecule has 2 aromatic rings. The fourth-order valence-electron chi connectivity index (χ4n) is 2.25. The van der Waals surface area contributed by atoms with Crippen LogP contribution in [0.25, 0.3) is 21.6 Å². The first kappa shape index (κ1) is 13.7. The highest BCUT2D eigenvalue weighted by atomic mass is 16.6. The number of fused-ring (bicyclic) bond motifs is 1. The topological polar surface area (TPSA) is 162 Å². The van der Waals surface area contributed by atoms with Crippen LogP contribution in [0.2, 0.25) is 0 Å². The van der Waals surface area contributed by atoms with E-state index in [0.29, 0.717) is 0 Å². The number of aliphatic hydroxyl groups excluding tert-OH is 3. The van der Waals surface area contributed by atoms with E-state index in [1.165, 1.54) is 17.2 Å². The Labute approximate surface area is 117 Å². The highest BCUT2D eigenvalue weighted by Gasteiger charge is 2.43. The molecule has 2 aromatic heterocycles. The largest absolute Gasteiger partial charge is 0.394 e. The lowest BCUT2D eigenvalue weighted by Gasteiger charge is -2.16. The highest BCUT2D eigenvalue weighted by molar-refractivity contribution is 5.80. The molecule has 0 spiro atoms. The maximum atomic E-state index is 10.0. The zero-order chi connectivity index (χ0) is 15.0. The van der Waals surface area contributed by atoms with E-state index >= 15 is 0 Å². The molecule has 0 radical (unpaired) electrons. The fourth-order valence-corrected chi connectivity index (χ4v) is 2.25. The van der Waals surface area contributed by atoms with Crippen molar-refractivity contribution in [2.75, 3.05) is 6.61 Å². The summed E-state index contributed by atoms with van der Waals surface area (Å²) in [7, 11) is 0. The molecule has 3 rings (SSSR count). The predicted molar refractivity (Wildman–Crippen MR) is 67.1 cm³/mol. The zero-order valence-electron chi connectivity index (χ0n) is 10.6. The van der Waals surface area contributed by atoms with E-state index < -0.39 is 31.1 Å². The molecule has 3 heterocycles. The molecule has 1 fully saturated rings. The second-order valence-electron chi connectivity index (χ2n) is 4.44. The van der Waals surface area contributed by atoms with Crippen molar-refractivity contribution in [3.63, 3.8) is 0 Å². The van der Waals surface area contributed by atoms with Crippen molar-refractivity contribution < 1.29 is 20.1 Å². The van der Waals surface area contributed by atoms with Crippen molar-refractivity contribution in [3.05, 3.63) is 23.1 Å². The number of aliphatic hydroxyl groups is 3. The van der Waals surface area contributed by atoms with Crippen LogP contribution in [0, 0.1) is 0 Å². The Morgan fingerprint density at radius 2 is 2.14 bits per heavy atom. The van der Waals surface area contributed by atoms with Gasteiger partial charge in [-0.25, -0.2) is 15.0 Å². The molecule has 0 amide bonds. The van der Waals surface area contributed by atoms with E-state index in [2.05, 4.69) is 25.0 Å². The summed E-state index contributed by atoms with van der Waals surface area (Å²) in [5.41, 5.74) is 9.00. The molecule has 1 aliphatic heterocycles. The van der Waals surface area contributed by atoms with Gasteiger partial charge in [-0.2, -0.15) is 0 Å². The molecule has 110 valence electrons. The second-order valence-corrected chi connectivity index (χ2v) is 4.44. The third kappa shape index (κ3) is 2.09. The zero-order valence-corrected chi connectivity index (χ0v) is 10.6. The van der Waals surface area contributed by atoms with Crippen molar-refractivity contribution in [3.8, 4) is 0 Å². The molecule has 4 atom stereocenters. The number of hydrogen-bond acceptors (Lipinski definition) is 8. The third-order valence-corrected chi connectivity index (χ3v) is 3.27. The number of azide groups is 1. The standard InChI is InChI=1S/C10H11N7O4/c11-16-15-8-5-9(13-2-12-8)17(3-14-5)10-7(20)6(19)4(1-18)21-10/h2-4,6-7,10,18-20H,1H2/t4-,6-,7-,10?/m1/s1. The Balaban J connectivity index is 2.06. The summed E-state index contributed by atoms with van der Waals surface area (Å²) in [5.74, 6) is 0.0491. The molecule has 1 aliphatic rings. The van der Waals surface area contributed by atoms with Crippen LogP contribution in [-0.4, -0.2) is 59.8 Å². The quantitative estimate of drug-likeness (QED) is 0.385. The van der Waals surface area contributed by atoms with Gasteiger partial charge >= 0.3 is 0 Å². The Morgan fingerprint density at radius 3 is 2.81 bits per heavy atom. The van der Waals surface area contributed by atoms with Crippen LogP contribution < -0.4 is 0 Å². The smallest absolute Gasteiger partial charge is 0.165 e. The van der Waals surface area contributed by atoms with Crippen LogP contribution >= 0.6 is 0 Å². The summed E-state index contributed by atoms with van der Waals surface area (Å²) in [6.45, 7) is -0.430. The van der Waals surface area contributed by atoms with Gasteiger partial charge in [-0.3, -0.25) is 4.57 Å². The number of rotatable bonds is 3. The molecule has 0 aromatic carbocycles. The number of nitrogens with zero attached hydrogens (tertiary/aromatic N) is 7. The summed E-state index contributed by atoms with van der Waals surface area (Å²) < 4.78 is 6.78. The average molecular weight is 293 g/mol. The van der Waals surface area contributed by atoms with Crippen molar-refractivity contribution >= 4 is 17.0 Å². The van der Waals surface area contributed by atoms with Gasteiger partial charge in [0.2, 0.25) is 0 Å². The summed E-state index contributed by atoms with van der Waals surface area (Å²) in [6.07, 6.45) is -1.83. The van der Waals surface area contributed by atoms with Gasteiger partial charge in [-0.1, -0.05) is 0 Å². The molecule has 0 bridgehead atoms. The summed E-state index contributed by atoms with van der Waals surface area (Å²) in [6, 6.07) is 0. The van der Waals surface area contributed by atoms with Gasteiger partial charge in [0.1, 0.15) is 30.2 Å². The number of hydrogen-bond donors (Lipinski definition) is 3. The van der Waals surface area contributed by atoms with Gasteiger partial charge in [0.25, 0.3) is 0 Å². The van der Waals surface area contributed by atoms with Crippen LogP contribution in [0.1, 0.15) is 6.23 Å². The van der Waals surface area contributed by atoms with Crippen LogP contribution in [0.4, 0.5) is 5.82 Å². The van der Waals surface area contributed by atoms with Gasteiger partial charge in [-0.05, 0) is 10.6 Å². The van der Waals surface area contributed by atoms with Crippen molar-refractivity contribution in [2.45, 2.75) is 24.5 Å². The molecule has 0 aliphatic carbocycles. The Morgan fingerprint density at radius 1 is 1.33 bits per heavy atom. The van der Waals surface area contributed by atoms with Crippen LogP contribution in [-0.2, 0) is 4.74 Å².